The van der Waals surface area contributed by atoms with Crippen molar-refractivity contribution < 1.29 is 58.4 Å². The first-order valence-corrected chi connectivity index (χ1v) is 15.3. The molecule has 3 aromatic carbocycles. The molecule has 0 aliphatic heterocycles. The lowest BCUT2D eigenvalue weighted by Crippen LogP contribution is -2.30. The summed E-state index contributed by atoms with van der Waals surface area (Å²) in [6.45, 7) is -0.604. The van der Waals surface area contributed by atoms with E-state index in [-0.39, 0.29) is 24.2 Å². The molecule has 1 amide bonds. The summed E-state index contributed by atoms with van der Waals surface area (Å²) >= 11 is 3.28. The number of hydrogen-bond donors (Lipinski definition) is 1. The number of ether oxygens (including phenoxy) is 3. The second-order valence-corrected chi connectivity index (χ2v) is 12.7. The molecule has 0 radical (unpaired) electrons. The summed E-state index contributed by atoms with van der Waals surface area (Å²) in [5.41, 5.74) is -0.181. The van der Waals surface area contributed by atoms with Gasteiger partial charge in [0.15, 0.2) is 6.61 Å². The van der Waals surface area contributed by atoms with Crippen LogP contribution in [0.15, 0.2) is 70.5 Å². The third-order valence-electron chi connectivity index (χ3n) is 4.50. The van der Waals surface area contributed by atoms with E-state index in [4.69, 9.17) is 9.47 Å². The smallest absolute Gasteiger partial charge is 0.573 e. The van der Waals surface area contributed by atoms with Crippen LogP contribution in [0.2, 0.25) is 0 Å². The van der Waals surface area contributed by atoms with Crippen molar-refractivity contribution in [2.75, 3.05) is 6.61 Å². The molecule has 3 aromatic rings. The fourth-order valence-corrected chi connectivity index (χ4v) is 7.85. The molecule has 0 aliphatic rings. The maximum atomic E-state index is 12.4. The lowest BCUT2D eigenvalue weighted by molar-refractivity contribution is -0.274. The summed E-state index contributed by atoms with van der Waals surface area (Å²) in [6.07, 6.45) is -5.05. The maximum Gasteiger partial charge on any atom is 0.573 e. The largest absolute Gasteiger partial charge is 0.744 e. The average Bonchev–Trinajstić information content (AvgIpc) is 2.81. The highest BCUT2D eigenvalue weighted by atomic mass is 127. The van der Waals surface area contributed by atoms with E-state index in [1.807, 2.05) is 0 Å². The van der Waals surface area contributed by atoms with Crippen LogP contribution in [0.4, 0.5) is 13.2 Å². The van der Waals surface area contributed by atoms with Crippen LogP contribution in [0.25, 0.3) is 0 Å². The number of hydrogen-bond acceptors (Lipinski definition) is 10. The van der Waals surface area contributed by atoms with E-state index < -0.39 is 60.5 Å². The topological polar surface area (TPSA) is 165 Å². The number of alkyl halides is 3. The number of esters is 1. The van der Waals surface area contributed by atoms with Gasteiger partial charge in [0.2, 0.25) is 0 Å². The van der Waals surface area contributed by atoms with Crippen LogP contribution in [0.3, 0.4) is 0 Å². The Kier molecular flexibility index (Phi) is 9.91. The second-order valence-electron chi connectivity index (χ2n) is 7.41. The predicted molar refractivity (Wildman–Crippen MR) is 145 cm³/mol. The van der Waals surface area contributed by atoms with E-state index in [0.29, 0.717) is 6.07 Å². The molecule has 0 fully saturated rings. The number of amides is 1. The van der Waals surface area contributed by atoms with Crippen molar-refractivity contribution in [3.8, 4) is 17.2 Å². The standard InChI is InChI=1S/C22H14F3I2NO10S2/c23-22(24,25)38-14-2-1-3-16(8-14)39(31,32)28-21(30)12-4-6-13(7-5-12)37-19(29)11-36-15-9-17(26)20(18(27)10-15)40(33,34)35/h1-10H,11H2,(H,28,30)(H,33,34,35)/p-1. The number of rotatable bonds is 9. The Morgan fingerprint density at radius 1 is 0.875 bits per heavy atom. The zero-order chi connectivity index (χ0) is 29.9. The summed E-state index contributed by atoms with van der Waals surface area (Å²) in [5, 5.41) is 0. The first kappa shape index (κ1) is 31.8. The number of carbonyl (C=O) groups is 2. The van der Waals surface area contributed by atoms with Gasteiger partial charge >= 0.3 is 12.3 Å². The Morgan fingerprint density at radius 2 is 1.48 bits per heavy atom. The minimum absolute atomic E-state index is 0.0398. The monoisotopic (exact) mass is 826 g/mol. The van der Waals surface area contributed by atoms with Crippen molar-refractivity contribution in [2.45, 2.75) is 16.2 Å². The van der Waals surface area contributed by atoms with Gasteiger partial charge in [0.25, 0.3) is 15.9 Å². The molecule has 0 saturated carbocycles. The van der Waals surface area contributed by atoms with Crippen LogP contribution in [-0.4, -0.2) is 46.2 Å². The van der Waals surface area contributed by atoms with Gasteiger partial charge in [-0.25, -0.2) is 26.4 Å². The lowest BCUT2D eigenvalue weighted by atomic mass is 10.2. The van der Waals surface area contributed by atoms with Crippen molar-refractivity contribution >= 4 is 77.2 Å². The number of carbonyl (C=O) groups excluding carboxylic acids is 2. The molecule has 3 rings (SSSR count). The molecule has 0 unspecified atom stereocenters. The summed E-state index contributed by atoms with van der Waals surface area (Å²) in [5.74, 6) is -2.74. The van der Waals surface area contributed by atoms with E-state index >= 15 is 0 Å². The van der Waals surface area contributed by atoms with Crippen molar-refractivity contribution in [2.24, 2.45) is 0 Å². The molecule has 0 spiro atoms. The molecule has 1 N–H and O–H groups in total. The number of halogens is 5. The Bertz CT molecular complexity index is 1640. The third kappa shape index (κ3) is 8.91. The molecule has 0 atom stereocenters. The Morgan fingerprint density at radius 3 is 2.02 bits per heavy atom. The highest BCUT2D eigenvalue weighted by molar-refractivity contribution is 14.1. The normalized spacial score (nSPS) is 11.9. The third-order valence-corrected chi connectivity index (χ3v) is 9.21. The van der Waals surface area contributed by atoms with E-state index in [0.717, 1.165) is 30.3 Å². The summed E-state index contributed by atoms with van der Waals surface area (Å²) in [6, 6.07) is 10.6. The summed E-state index contributed by atoms with van der Waals surface area (Å²) in [7, 11) is -9.28. The molecule has 0 saturated heterocycles. The number of nitrogens with one attached hydrogen (secondary N) is 1. The van der Waals surface area contributed by atoms with E-state index in [1.165, 1.54) is 24.3 Å². The quantitative estimate of drug-likeness (QED) is 0.145. The molecule has 0 aromatic heterocycles. The van der Waals surface area contributed by atoms with Crippen molar-refractivity contribution in [3.63, 3.8) is 0 Å². The Balaban J connectivity index is 1.60. The van der Waals surface area contributed by atoms with Crippen molar-refractivity contribution in [1.82, 2.24) is 4.72 Å². The van der Waals surface area contributed by atoms with Crippen LogP contribution in [0, 0.1) is 7.14 Å². The average molecular weight is 826 g/mol. The van der Waals surface area contributed by atoms with Crippen molar-refractivity contribution in [3.05, 3.63) is 73.4 Å². The Labute approximate surface area is 252 Å². The van der Waals surface area contributed by atoms with E-state index in [2.05, 4.69) is 4.74 Å². The van der Waals surface area contributed by atoms with Gasteiger partial charge in [-0.1, -0.05) is 6.07 Å². The van der Waals surface area contributed by atoms with Gasteiger partial charge in [0, 0.05) is 18.8 Å². The maximum absolute atomic E-state index is 12.4. The van der Waals surface area contributed by atoms with Gasteiger partial charge < -0.3 is 18.8 Å². The minimum Gasteiger partial charge on any atom is -0.744 e. The molecule has 11 nitrogen and oxygen atoms in total. The zero-order valence-corrected chi connectivity index (χ0v) is 25.2. The minimum atomic E-state index is -5.05. The predicted octanol–water partition coefficient (Wildman–Crippen LogP) is 3.80. The molecular formula is C22H13F3I2NO10S2-. The number of benzene rings is 3. The second kappa shape index (κ2) is 12.4. The van der Waals surface area contributed by atoms with Crippen LogP contribution in [0.1, 0.15) is 10.4 Å². The first-order chi connectivity index (χ1) is 18.4. The van der Waals surface area contributed by atoms with Crippen LogP contribution < -0.4 is 18.9 Å². The fourth-order valence-electron chi connectivity index (χ4n) is 2.91. The van der Waals surface area contributed by atoms with Crippen molar-refractivity contribution in [1.29, 1.82) is 0 Å². The molecular weight excluding hydrogens is 813 g/mol. The van der Waals surface area contributed by atoms with E-state index in [9.17, 15) is 44.1 Å². The summed E-state index contributed by atoms with van der Waals surface area (Å²) in [4.78, 5) is 23.5. The van der Waals surface area contributed by atoms with Gasteiger partial charge in [-0.3, -0.25) is 4.79 Å². The zero-order valence-electron chi connectivity index (χ0n) is 19.3. The highest BCUT2D eigenvalue weighted by Gasteiger charge is 2.31. The lowest BCUT2D eigenvalue weighted by Gasteiger charge is -2.14. The van der Waals surface area contributed by atoms with Gasteiger partial charge in [-0.15, -0.1) is 13.2 Å². The van der Waals surface area contributed by atoms with Gasteiger partial charge in [-0.05, 0) is 93.7 Å². The van der Waals surface area contributed by atoms with E-state index in [1.54, 1.807) is 49.9 Å². The van der Waals surface area contributed by atoms with Gasteiger partial charge in [-0.2, -0.15) is 0 Å². The van der Waals surface area contributed by atoms with Crippen LogP contribution >= 0.6 is 45.2 Å². The van der Waals surface area contributed by atoms with Crippen LogP contribution in [-0.2, 0) is 24.9 Å². The molecule has 0 aliphatic carbocycles. The fraction of sp³-hybridized carbons (Fsp3) is 0.0909. The molecule has 40 heavy (non-hydrogen) atoms. The van der Waals surface area contributed by atoms with Gasteiger partial charge in [0.05, 0.1) is 9.79 Å². The first-order valence-electron chi connectivity index (χ1n) is 10.3. The highest BCUT2D eigenvalue weighted by Crippen LogP contribution is 2.29. The Hall–Kier alpha value is -2.69. The molecule has 214 valence electrons. The molecule has 18 heteroatoms. The summed E-state index contributed by atoms with van der Waals surface area (Å²) < 4.78 is 112. The van der Waals surface area contributed by atoms with Crippen LogP contribution in [0.5, 0.6) is 17.2 Å². The number of sulfonamides is 1. The molecule has 0 heterocycles. The van der Waals surface area contributed by atoms with Gasteiger partial charge in [0.1, 0.15) is 27.4 Å². The SMILES string of the molecule is O=C(COc1cc(I)c(S(=O)(=O)[O-])c(I)c1)Oc1ccc(C(=O)NS(=O)(=O)c2cccc(OC(F)(F)F)c2)cc1. The molecule has 0 bridgehead atoms.